The highest BCUT2D eigenvalue weighted by Crippen LogP contribution is 2.29. The van der Waals surface area contributed by atoms with Gasteiger partial charge in [0.1, 0.15) is 5.75 Å². The zero-order valence-corrected chi connectivity index (χ0v) is 16.2. The molecule has 7 nitrogen and oxygen atoms in total. The number of hydrogen-bond donors (Lipinski definition) is 0. The van der Waals surface area contributed by atoms with Crippen molar-refractivity contribution in [3.05, 3.63) is 48.3 Å². The first kappa shape index (κ1) is 18.6. The van der Waals surface area contributed by atoms with Crippen LogP contribution in [0.5, 0.6) is 5.75 Å². The number of pyridine rings is 1. The molecule has 1 aromatic heterocycles. The zero-order valence-electron chi connectivity index (χ0n) is 16.2. The number of carbonyl (C=O) groups excluding carboxylic acids is 1. The monoisotopic (exact) mass is 382 g/mol. The van der Waals surface area contributed by atoms with Gasteiger partial charge in [-0.15, -0.1) is 0 Å². The minimum Gasteiger partial charge on any atom is -0.495 e. The first-order chi connectivity index (χ1) is 13.8. The lowest BCUT2D eigenvalue weighted by atomic mass is 10.2. The lowest BCUT2D eigenvalue weighted by Gasteiger charge is -2.37. The molecule has 3 heterocycles. The molecular weight excluding hydrogens is 356 g/mol. The Hall–Kier alpha value is -2.80. The van der Waals surface area contributed by atoms with Crippen LogP contribution < -0.4 is 14.5 Å². The van der Waals surface area contributed by atoms with E-state index in [1.54, 1.807) is 13.3 Å². The summed E-state index contributed by atoms with van der Waals surface area (Å²) in [6, 6.07) is 10.1. The average molecular weight is 382 g/mol. The third kappa shape index (κ3) is 3.89. The van der Waals surface area contributed by atoms with Crippen LogP contribution in [0.3, 0.4) is 0 Å². The normalized spacial score (nSPS) is 17.5. The number of amides is 1. The van der Waals surface area contributed by atoms with Crippen molar-refractivity contribution in [3.63, 3.8) is 0 Å². The van der Waals surface area contributed by atoms with Gasteiger partial charge in [-0.25, -0.2) is 0 Å². The molecule has 2 saturated heterocycles. The van der Waals surface area contributed by atoms with E-state index >= 15 is 0 Å². The summed E-state index contributed by atoms with van der Waals surface area (Å²) in [5.41, 5.74) is 2.77. The highest BCUT2D eigenvalue weighted by Gasteiger charge is 2.22. The molecule has 2 aliphatic heterocycles. The van der Waals surface area contributed by atoms with Crippen molar-refractivity contribution >= 4 is 17.3 Å². The Kier molecular flexibility index (Phi) is 5.62. The van der Waals surface area contributed by atoms with Gasteiger partial charge in [0.05, 0.1) is 43.5 Å². The lowest BCUT2D eigenvalue weighted by molar-refractivity contribution is 0.0302. The van der Waals surface area contributed by atoms with Crippen LogP contribution in [0.1, 0.15) is 10.4 Å². The molecule has 0 radical (unpaired) electrons. The number of piperazine rings is 1. The summed E-state index contributed by atoms with van der Waals surface area (Å²) in [6.07, 6.45) is 3.50. The fourth-order valence-corrected chi connectivity index (χ4v) is 3.76. The number of morpholine rings is 1. The van der Waals surface area contributed by atoms with Gasteiger partial charge < -0.3 is 24.2 Å². The molecule has 0 N–H and O–H groups in total. The highest BCUT2D eigenvalue weighted by molar-refractivity contribution is 5.94. The van der Waals surface area contributed by atoms with Gasteiger partial charge in [-0.3, -0.25) is 9.78 Å². The smallest absolute Gasteiger partial charge is 0.255 e. The molecule has 148 valence electrons. The fraction of sp³-hybridized carbons (Fsp3) is 0.429. The Morgan fingerprint density at radius 1 is 1.00 bits per heavy atom. The predicted octanol–water partition coefficient (Wildman–Crippen LogP) is 1.89. The molecule has 0 aliphatic carbocycles. The molecule has 0 bridgehead atoms. The number of hydrogen-bond acceptors (Lipinski definition) is 6. The summed E-state index contributed by atoms with van der Waals surface area (Å²) < 4.78 is 10.8. The van der Waals surface area contributed by atoms with E-state index in [0.717, 1.165) is 43.3 Å². The molecule has 0 unspecified atom stereocenters. The molecule has 2 fully saturated rings. The summed E-state index contributed by atoms with van der Waals surface area (Å²) in [6.45, 7) is 6.00. The van der Waals surface area contributed by atoms with Gasteiger partial charge >= 0.3 is 0 Å². The number of rotatable bonds is 4. The van der Waals surface area contributed by atoms with Crippen molar-refractivity contribution in [1.29, 1.82) is 0 Å². The second kappa shape index (κ2) is 8.48. The number of para-hydroxylation sites is 2. The predicted molar refractivity (Wildman–Crippen MR) is 108 cm³/mol. The Balaban J connectivity index is 1.43. The topological polar surface area (TPSA) is 58.1 Å². The number of benzene rings is 1. The van der Waals surface area contributed by atoms with Crippen LogP contribution >= 0.6 is 0 Å². The van der Waals surface area contributed by atoms with E-state index in [1.165, 1.54) is 0 Å². The maximum absolute atomic E-state index is 12.7. The van der Waals surface area contributed by atoms with E-state index < -0.39 is 0 Å². The SMILES string of the molecule is COc1ccccc1N1CCN(c2cncc(C(=O)N3CCOCC3)c2)CC1. The number of aromatic nitrogens is 1. The van der Waals surface area contributed by atoms with Crippen molar-refractivity contribution < 1.29 is 14.3 Å². The molecular formula is C21H26N4O3. The first-order valence-electron chi connectivity index (χ1n) is 9.71. The molecule has 1 amide bonds. The number of nitrogens with zero attached hydrogens (tertiary/aromatic N) is 4. The standard InChI is InChI=1S/C21H26N4O3/c1-27-20-5-3-2-4-19(20)24-8-6-23(7-9-24)18-14-17(15-22-16-18)21(26)25-10-12-28-13-11-25/h2-5,14-16H,6-13H2,1H3. The zero-order chi connectivity index (χ0) is 19.3. The maximum atomic E-state index is 12.7. The Morgan fingerprint density at radius 2 is 1.71 bits per heavy atom. The second-order valence-corrected chi connectivity index (χ2v) is 6.98. The summed E-state index contributed by atoms with van der Waals surface area (Å²) in [5, 5.41) is 0. The van der Waals surface area contributed by atoms with Gasteiger partial charge in [0.25, 0.3) is 5.91 Å². The van der Waals surface area contributed by atoms with Crippen LogP contribution in [0.2, 0.25) is 0 Å². The molecule has 2 aromatic rings. The largest absolute Gasteiger partial charge is 0.495 e. The summed E-state index contributed by atoms with van der Waals surface area (Å²) in [5.74, 6) is 0.932. The van der Waals surface area contributed by atoms with Crippen molar-refractivity contribution in [2.45, 2.75) is 0 Å². The Morgan fingerprint density at radius 3 is 2.46 bits per heavy atom. The third-order valence-electron chi connectivity index (χ3n) is 5.34. The van der Waals surface area contributed by atoms with E-state index in [-0.39, 0.29) is 5.91 Å². The molecule has 0 atom stereocenters. The summed E-state index contributed by atoms with van der Waals surface area (Å²) in [7, 11) is 1.71. The highest BCUT2D eigenvalue weighted by atomic mass is 16.5. The first-order valence-corrected chi connectivity index (χ1v) is 9.71. The quantitative estimate of drug-likeness (QED) is 0.805. The van der Waals surface area contributed by atoms with Crippen LogP contribution in [0.15, 0.2) is 42.7 Å². The molecule has 28 heavy (non-hydrogen) atoms. The van der Waals surface area contributed by atoms with Crippen LogP contribution in [0, 0.1) is 0 Å². The fourth-order valence-electron chi connectivity index (χ4n) is 3.76. The molecule has 0 saturated carbocycles. The Bertz CT molecular complexity index is 815. The molecule has 7 heteroatoms. The van der Waals surface area contributed by atoms with Crippen molar-refractivity contribution in [1.82, 2.24) is 9.88 Å². The van der Waals surface area contributed by atoms with Gasteiger partial charge in [-0.05, 0) is 18.2 Å². The minimum atomic E-state index is 0.0327. The average Bonchev–Trinajstić information content (AvgIpc) is 2.79. The Labute approximate surface area is 165 Å². The number of methoxy groups -OCH3 is 1. The van der Waals surface area contributed by atoms with E-state index in [1.807, 2.05) is 35.4 Å². The van der Waals surface area contributed by atoms with E-state index in [9.17, 15) is 4.79 Å². The van der Waals surface area contributed by atoms with E-state index in [0.29, 0.717) is 31.9 Å². The van der Waals surface area contributed by atoms with E-state index in [2.05, 4.69) is 20.9 Å². The van der Waals surface area contributed by atoms with Gasteiger partial charge in [0, 0.05) is 45.5 Å². The van der Waals surface area contributed by atoms with Crippen LogP contribution in [-0.2, 0) is 4.74 Å². The minimum absolute atomic E-state index is 0.0327. The van der Waals surface area contributed by atoms with Crippen molar-refractivity contribution in [3.8, 4) is 5.75 Å². The molecule has 1 aromatic carbocycles. The molecule has 4 rings (SSSR count). The van der Waals surface area contributed by atoms with Gasteiger partial charge in [0.2, 0.25) is 0 Å². The van der Waals surface area contributed by atoms with Gasteiger partial charge in [-0.1, -0.05) is 12.1 Å². The van der Waals surface area contributed by atoms with Crippen LogP contribution in [0.25, 0.3) is 0 Å². The second-order valence-electron chi connectivity index (χ2n) is 6.98. The molecule has 2 aliphatic rings. The van der Waals surface area contributed by atoms with Gasteiger partial charge in [-0.2, -0.15) is 0 Å². The van der Waals surface area contributed by atoms with Crippen LogP contribution in [0.4, 0.5) is 11.4 Å². The number of anilines is 2. The van der Waals surface area contributed by atoms with Crippen molar-refractivity contribution in [2.75, 3.05) is 69.4 Å². The van der Waals surface area contributed by atoms with Crippen LogP contribution in [-0.4, -0.2) is 75.4 Å². The number of carbonyl (C=O) groups is 1. The summed E-state index contributed by atoms with van der Waals surface area (Å²) >= 11 is 0. The summed E-state index contributed by atoms with van der Waals surface area (Å²) in [4.78, 5) is 23.5. The number of ether oxygens (including phenoxy) is 2. The maximum Gasteiger partial charge on any atom is 0.255 e. The van der Waals surface area contributed by atoms with E-state index in [4.69, 9.17) is 9.47 Å². The van der Waals surface area contributed by atoms with Crippen molar-refractivity contribution in [2.24, 2.45) is 0 Å². The lowest BCUT2D eigenvalue weighted by Crippen LogP contribution is -2.46. The molecule has 0 spiro atoms. The third-order valence-corrected chi connectivity index (χ3v) is 5.34. The van der Waals surface area contributed by atoms with Gasteiger partial charge in [0.15, 0.2) is 0 Å².